The van der Waals surface area contributed by atoms with Gasteiger partial charge in [0.25, 0.3) is 0 Å². The van der Waals surface area contributed by atoms with Crippen molar-refractivity contribution in [1.82, 2.24) is 0 Å². The van der Waals surface area contributed by atoms with E-state index in [2.05, 4.69) is 64.1 Å². The third-order valence-electron chi connectivity index (χ3n) is 8.20. The summed E-state index contributed by atoms with van der Waals surface area (Å²) in [4.78, 5) is 34.7. The minimum absolute atomic E-state index is 0.0331. The number of esters is 3. The third kappa shape index (κ3) is 10.9. The molecule has 0 amide bonds. The molecule has 0 heterocycles. The molecule has 2 atom stereocenters. The van der Waals surface area contributed by atoms with Gasteiger partial charge in [-0.05, 0) is 52.9 Å². The molecule has 0 saturated heterocycles. The van der Waals surface area contributed by atoms with Crippen LogP contribution in [0.25, 0.3) is 0 Å². The predicted octanol–water partition coefficient (Wildman–Crippen LogP) is 6.31. The number of benzene rings is 3. The lowest BCUT2D eigenvalue weighted by atomic mass is 9.73. The molecule has 0 aliphatic rings. The topological polar surface area (TPSA) is 123 Å². The zero-order valence-corrected chi connectivity index (χ0v) is 29.6. The average molecular weight is 703 g/mol. The second kappa shape index (κ2) is 18.1. The average Bonchev–Trinajstić information content (AvgIpc) is 3.11. The van der Waals surface area contributed by atoms with E-state index in [0.29, 0.717) is 17.9 Å². The fourth-order valence-corrected chi connectivity index (χ4v) is 5.11. The highest BCUT2D eigenvalue weighted by molar-refractivity contribution is 6.26. The Hall–Kier alpha value is -3.79. The van der Waals surface area contributed by atoms with Crippen LogP contribution in [0, 0.1) is 0 Å². The Kier molecular flexibility index (Phi) is 14.6. The number of ether oxygens (including phenoxy) is 5. The molecule has 0 saturated carbocycles. The fourth-order valence-electron chi connectivity index (χ4n) is 4.97. The van der Waals surface area contributed by atoms with E-state index < -0.39 is 24.0 Å². The Morgan fingerprint density at radius 2 is 1.10 bits per heavy atom. The monoisotopic (exact) mass is 701 g/mol. The fraction of sp³-hybridized carbons (Fsp3) is 0.432. The van der Waals surface area contributed by atoms with E-state index in [1.54, 1.807) is 0 Å². The molecule has 0 radical (unpaired) electrons. The Labute approximate surface area is 292 Å². The standard InChI is InChI=1S/C37H45Cl2NO8/c1-6-29(47-35(43)21-40)22-44-30-14-10-25(11-15-30)36(2,3)27-8-7-9-28(18-27)37(4,5)26-12-16-31(17-13-26)45-23-32(48-34(42)20-39)24-46-33(41)19-38/h7-18,29,32H,6,19-24,40H2,1-5H3. The highest BCUT2D eigenvalue weighted by atomic mass is 35.5. The molecule has 0 aromatic heterocycles. The van der Waals surface area contributed by atoms with Crippen LogP contribution in [0.3, 0.4) is 0 Å². The van der Waals surface area contributed by atoms with Crippen LogP contribution in [0.1, 0.15) is 63.3 Å². The van der Waals surface area contributed by atoms with Gasteiger partial charge in [0, 0.05) is 10.8 Å². The molecule has 0 aliphatic heterocycles. The van der Waals surface area contributed by atoms with Crippen LogP contribution in [0.4, 0.5) is 0 Å². The molecule has 11 heteroatoms. The minimum Gasteiger partial charge on any atom is -0.490 e. The summed E-state index contributed by atoms with van der Waals surface area (Å²) in [6.07, 6.45) is -0.562. The summed E-state index contributed by atoms with van der Waals surface area (Å²) < 4.78 is 27.3. The Morgan fingerprint density at radius 1 is 0.646 bits per heavy atom. The lowest BCUT2D eigenvalue weighted by Gasteiger charge is -2.31. The van der Waals surface area contributed by atoms with Crippen molar-refractivity contribution in [3.63, 3.8) is 0 Å². The van der Waals surface area contributed by atoms with Crippen molar-refractivity contribution in [3.8, 4) is 11.5 Å². The maximum Gasteiger partial charge on any atom is 0.321 e. The van der Waals surface area contributed by atoms with Crippen LogP contribution in [0.2, 0.25) is 0 Å². The first-order valence-corrected chi connectivity index (χ1v) is 16.8. The molecule has 0 fully saturated rings. The summed E-state index contributed by atoms with van der Waals surface area (Å²) in [7, 11) is 0. The van der Waals surface area contributed by atoms with Gasteiger partial charge in [-0.2, -0.15) is 0 Å². The van der Waals surface area contributed by atoms with E-state index >= 15 is 0 Å². The van der Waals surface area contributed by atoms with Gasteiger partial charge in [0.15, 0.2) is 6.10 Å². The van der Waals surface area contributed by atoms with Crippen molar-refractivity contribution in [2.24, 2.45) is 5.73 Å². The van der Waals surface area contributed by atoms with Gasteiger partial charge in [-0.3, -0.25) is 14.4 Å². The van der Waals surface area contributed by atoms with Crippen molar-refractivity contribution in [2.45, 2.75) is 64.1 Å². The summed E-state index contributed by atoms with van der Waals surface area (Å²) in [6, 6.07) is 24.3. The molecule has 48 heavy (non-hydrogen) atoms. The van der Waals surface area contributed by atoms with Gasteiger partial charge in [-0.15, -0.1) is 23.2 Å². The van der Waals surface area contributed by atoms with Crippen LogP contribution >= 0.6 is 23.2 Å². The molecule has 2 unspecified atom stereocenters. The van der Waals surface area contributed by atoms with Crippen molar-refractivity contribution >= 4 is 41.1 Å². The van der Waals surface area contributed by atoms with Gasteiger partial charge < -0.3 is 29.4 Å². The summed E-state index contributed by atoms with van der Waals surface area (Å²) in [5.74, 6) is -1.11. The van der Waals surface area contributed by atoms with E-state index in [0.717, 1.165) is 22.3 Å². The van der Waals surface area contributed by atoms with Gasteiger partial charge in [0.1, 0.15) is 49.2 Å². The summed E-state index contributed by atoms with van der Waals surface area (Å²) in [5.41, 5.74) is 9.24. The molecule has 0 spiro atoms. The number of hydrogen-bond acceptors (Lipinski definition) is 9. The molecule has 2 N–H and O–H groups in total. The molecule has 9 nitrogen and oxygen atoms in total. The first-order chi connectivity index (χ1) is 22.8. The molecule has 3 aromatic rings. The van der Waals surface area contributed by atoms with Crippen LogP contribution < -0.4 is 15.2 Å². The number of rotatable bonds is 18. The van der Waals surface area contributed by atoms with E-state index in [1.165, 1.54) is 0 Å². The smallest absolute Gasteiger partial charge is 0.321 e. The number of carbonyl (C=O) groups is 3. The summed E-state index contributed by atoms with van der Waals surface area (Å²) >= 11 is 11.0. The van der Waals surface area contributed by atoms with Crippen molar-refractivity contribution < 1.29 is 38.1 Å². The van der Waals surface area contributed by atoms with Gasteiger partial charge in [-0.1, -0.05) is 83.1 Å². The first-order valence-electron chi connectivity index (χ1n) is 15.8. The lowest BCUT2D eigenvalue weighted by molar-refractivity contribution is -0.157. The van der Waals surface area contributed by atoms with Crippen LogP contribution in [-0.2, 0) is 39.4 Å². The van der Waals surface area contributed by atoms with E-state index in [1.807, 2.05) is 43.3 Å². The lowest BCUT2D eigenvalue weighted by Crippen LogP contribution is -2.31. The summed E-state index contributed by atoms with van der Waals surface area (Å²) in [6.45, 7) is 10.5. The summed E-state index contributed by atoms with van der Waals surface area (Å²) in [5, 5.41) is 0. The maximum absolute atomic E-state index is 11.7. The zero-order chi connectivity index (χ0) is 35.3. The van der Waals surface area contributed by atoms with Gasteiger partial charge in [0.05, 0.1) is 6.54 Å². The highest BCUT2D eigenvalue weighted by Gasteiger charge is 2.28. The number of halogens is 2. The number of carbonyl (C=O) groups excluding carboxylic acids is 3. The molecule has 3 aromatic carbocycles. The number of hydrogen-bond donors (Lipinski definition) is 1. The van der Waals surface area contributed by atoms with Crippen LogP contribution in [-0.4, -0.2) is 68.2 Å². The quantitative estimate of drug-likeness (QED) is 0.0923. The van der Waals surface area contributed by atoms with Gasteiger partial charge in [-0.25, -0.2) is 0 Å². The van der Waals surface area contributed by atoms with Crippen molar-refractivity contribution in [2.75, 3.05) is 38.1 Å². The molecule has 260 valence electrons. The van der Waals surface area contributed by atoms with E-state index in [9.17, 15) is 14.4 Å². The minimum atomic E-state index is -0.837. The predicted molar refractivity (Wildman–Crippen MR) is 186 cm³/mol. The second-order valence-corrected chi connectivity index (χ2v) is 12.8. The number of nitrogens with two attached hydrogens (primary N) is 1. The molecule has 0 aliphatic carbocycles. The molecule has 0 bridgehead atoms. The van der Waals surface area contributed by atoms with Gasteiger partial charge >= 0.3 is 17.9 Å². The number of alkyl halides is 2. The largest absolute Gasteiger partial charge is 0.490 e. The third-order valence-corrected chi connectivity index (χ3v) is 8.63. The Balaban J connectivity index is 1.69. The molecular weight excluding hydrogens is 657 g/mol. The van der Waals surface area contributed by atoms with Crippen molar-refractivity contribution in [3.05, 3.63) is 95.1 Å². The normalized spacial score (nSPS) is 12.8. The SMILES string of the molecule is CCC(COc1ccc(C(C)(C)c2cccc(C(C)(C)c3ccc(OCC(COC(=O)CCl)OC(=O)CCl)cc3)c2)cc1)OC(=O)CN. The highest BCUT2D eigenvalue weighted by Crippen LogP contribution is 2.37. The van der Waals surface area contributed by atoms with Gasteiger partial charge in [0.2, 0.25) is 0 Å². The zero-order valence-electron chi connectivity index (χ0n) is 28.1. The Morgan fingerprint density at radius 3 is 1.54 bits per heavy atom. The molecular formula is C37H45Cl2NO8. The maximum atomic E-state index is 11.7. The van der Waals surface area contributed by atoms with E-state index in [-0.39, 0.29) is 55.1 Å². The van der Waals surface area contributed by atoms with Crippen molar-refractivity contribution in [1.29, 1.82) is 0 Å². The van der Waals surface area contributed by atoms with E-state index in [4.69, 9.17) is 52.6 Å². The second-order valence-electron chi connectivity index (χ2n) is 12.3. The first kappa shape index (κ1) is 38.7. The Bertz CT molecular complexity index is 1490. The van der Waals surface area contributed by atoms with Crippen LogP contribution in [0.15, 0.2) is 72.8 Å². The van der Waals surface area contributed by atoms with Crippen LogP contribution in [0.5, 0.6) is 11.5 Å². The molecule has 3 rings (SSSR count).